The summed E-state index contributed by atoms with van der Waals surface area (Å²) in [4.78, 5) is 35.1. The maximum atomic E-state index is 11.5. The number of ether oxygens (including phenoxy) is 2. The van der Waals surface area contributed by atoms with Gasteiger partial charge in [0.25, 0.3) is 5.91 Å². The van der Waals surface area contributed by atoms with Gasteiger partial charge in [-0.05, 0) is 0 Å². The largest absolute Gasteiger partial charge is 0.469 e. The van der Waals surface area contributed by atoms with E-state index in [1.807, 2.05) is 4.90 Å². The van der Waals surface area contributed by atoms with Gasteiger partial charge in [-0.2, -0.15) is 0 Å². The molecule has 108 valence electrons. The van der Waals surface area contributed by atoms with E-state index >= 15 is 0 Å². The van der Waals surface area contributed by atoms with Crippen LogP contribution in [0.25, 0.3) is 0 Å². The Morgan fingerprint density at radius 3 is 2.74 bits per heavy atom. The van der Waals surface area contributed by atoms with Crippen molar-refractivity contribution in [2.24, 2.45) is 0 Å². The van der Waals surface area contributed by atoms with Crippen molar-refractivity contribution in [3.8, 4) is 0 Å². The van der Waals surface area contributed by atoms with Gasteiger partial charge in [0.05, 0.1) is 32.8 Å². The summed E-state index contributed by atoms with van der Waals surface area (Å²) in [5.41, 5.74) is 4.50. The summed E-state index contributed by atoms with van der Waals surface area (Å²) in [5, 5.41) is 0. The lowest BCUT2D eigenvalue weighted by Gasteiger charge is -2.31. The molecule has 1 fully saturated rings. The SMILES string of the molecule is COC(=O)CC1CN(CC(=O)NNC(C)=O)CCO1. The molecule has 1 aliphatic rings. The number of methoxy groups -OCH3 is 1. The molecule has 0 bridgehead atoms. The highest BCUT2D eigenvalue weighted by Gasteiger charge is 2.24. The average molecular weight is 273 g/mol. The van der Waals surface area contributed by atoms with Crippen molar-refractivity contribution in [2.75, 3.05) is 33.4 Å². The summed E-state index contributed by atoms with van der Waals surface area (Å²) < 4.78 is 9.99. The third-order valence-corrected chi connectivity index (χ3v) is 2.59. The highest BCUT2D eigenvalue weighted by Crippen LogP contribution is 2.08. The van der Waals surface area contributed by atoms with E-state index in [1.165, 1.54) is 14.0 Å². The Labute approximate surface area is 111 Å². The second-order valence-corrected chi connectivity index (χ2v) is 4.24. The van der Waals surface area contributed by atoms with Crippen LogP contribution >= 0.6 is 0 Å². The van der Waals surface area contributed by atoms with Crippen LogP contribution in [0.3, 0.4) is 0 Å². The highest BCUT2D eigenvalue weighted by atomic mass is 16.5. The van der Waals surface area contributed by atoms with E-state index in [2.05, 4.69) is 15.6 Å². The van der Waals surface area contributed by atoms with Gasteiger partial charge in [-0.15, -0.1) is 0 Å². The molecule has 0 spiro atoms. The summed E-state index contributed by atoms with van der Waals surface area (Å²) in [6.45, 7) is 2.98. The second-order valence-electron chi connectivity index (χ2n) is 4.24. The normalized spacial score (nSPS) is 19.6. The number of rotatable bonds is 4. The summed E-state index contributed by atoms with van der Waals surface area (Å²) in [6.07, 6.45) is -0.102. The van der Waals surface area contributed by atoms with Crippen molar-refractivity contribution in [3.05, 3.63) is 0 Å². The third kappa shape index (κ3) is 6.16. The molecule has 1 atom stereocenters. The van der Waals surface area contributed by atoms with Gasteiger partial charge >= 0.3 is 5.97 Å². The fraction of sp³-hybridized carbons (Fsp3) is 0.727. The molecule has 0 aromatic heterocycles. The van der Waals surface area contributed by atoms with Crippen molar-refractivity contribution in [3.63, 3.8) is 0 Å². The van der Waals surface area contributed by atoms with Crippen molar-refractivity contribution < 1.29 is 23.9 Å². The minimum atomic E-state index is -0.338. The first-order chi connectivity index (χ1) is 9.01. The Bertz CT molecular complexity index is 347. The number of hydrogen-bond donors (Lipinski definition) is 2. The van der Waals surface area contributed by atoms with Crippen LogP contribution in [0, 0.1) is 0 Å². The van der Waals surface area contributed by atoms with Crippen molar-refractivity contribution in [1.82, 2.24) is 15.8 Å². The maximum Gasteiger partial charge on any atom is 0.308 e. The van der Waals surface area contributed by atoms with E-state index in [0.29, 0.717) is 19.7 Å². The number of carbonyl (C=O) groups is 3. The average Bonchev–Trinajstić information content (AvgIpc) is 2.36. The maximum absolute atomic E-state index is 11.5. The first-order valence-corrected chi connectivity index (χ1v) is 5.97. The van der Waals surface area contributed by atoms with Crippen LogP contribution < -0.4 is 10.9 Å². The monoisotopic (exact) mass is 273 g/mol. The Kier molecular flexibility index (Phi) is 6.23. The lowest BCUT2D eigenvalue weighted by molar-refractivity contribution is -0.146. The molecule has 0 aliphatic carbocycles. The smallest absolute Gasteiger partial charge is 0.308 e. The quantitative estimate of drug-likeness (QED) is 0.474. The number of hydrazine groups is 1. The lowest BCUT2D eigenvalue weighted by atomic mass is 10.2. The molecule has 1 aliphatic heterocycles. The van der Waals surface area contributed by atoms with Gasteiger partial charge in [-0.25, -0.2) is 0 Å². The van der Waals surface area contributed by atoms with Crippen LogP contribution in [-0.4, -0.2) is 62.1 Å². The summed E-state index contributed by atoms with van der Waals surface area (Å²) in [6, 6.07) is 0. The van der Waals surface area contributed by atoms with Gasteiger partial charge in [0.2, 0.25) is 5.91 Å². The predicted molar refractivity (Wildman–Crippen MR) is 64.8 cm³/mol. The molecular formula is C11H19N3O5. The van der Waals surface area contributed by atoms with E-state index in [0.717, 1.165) is 0 Å². The van der Waals surface area contributed by atoms with E-state index in [-0.39, 0.29) is 36.9 Å². The van der Waals surface area contributed by atoms with Crippen LogP contribution in [0.4, 0.5) is 0 Å². The lowest BCUT2D eigenvalue weighted by Crippen LogP contribution is -2.50. The van der Waals surface area contributed by atoms with Gasteiger partial charge in [0.1, 0.15) is 0 Å². The van der Waals surface area contributed by atoms with Gasteiger partial charge < -0.3 is 9.47 Å². The fourth-order valence-corrected chi connectivity index (χ4v) is 1.72. The molecule has 0 aromatic carbocycles. The number of nitrogens with one attached hydrogen (secondary N) is 2. The molecule has 1 unspecified atom stereocenters. The van der Waals surface area contributed by atoms with Gasteiger partial charge in [-0.1, -0.05) is 0 Å². The minimum absolute atomic E-state index is 0.140. The molecule has 2 amide bonds. The highest BCUT2D eigenvalue weighted by molar-refractivity contribution is 5.81. The zero-order valence-electron chi connectivity index (χ0n) is 11.1. The number of carbonyl (C=O) groups excluding carboxylic acids is 3. The molecule has 1 rings (SSSR count). The van der Waals surface area contributed by atoms with Crippen molar-refractivity contribution >= 4 is 17.8 Å². The fourth-order valence-electron chi connectivity index (χ4n) is 1.72. The van der Waals surface area contributed by atoms with Crippen LogP contribution in [0.15, 0.2) is 0 Å². The minimum Gasteiger partial charge on any atom is -0.469 e. The Morgan fingerprint density at radius 1 is 1.37 bits per heavy atom. The molecule has 1 heterocycles. The van der Waals surface area contributed by atoms with E-state index in [4.69, 9.17) is 4.74 Å². The second kappa shape index (κ2) is 7.70. The van der Waals surface area contributed by atoms with Crippen LogP contribution in [0.2, 0.25) is 0 Å². The zero-order valence-corrected chi connectivity index (χ0v) is 11.1. The molecule has 8 heteroatoms. The van der Waals surface area contributed by atoms with Crippen molar-refractivity contribution in [2.45, 2.75) is 19.4 Å². The molecule has 1 saturated heterocycles. The Hall–Kier alpha value is -1.67. The number of esters is 1. The number of nitrogens with zero attached hydrogens (tertiary/aromatic N) is 1. The summed E-state index contributed by atoms with van der Waals surface area (Å²) >= 11 is 0. The summed E-state index contributed by atoms with van der Waals surface area (Å²) in [5.74, 6) is -0.984. The van der Waals surface area contributed by atoms with E-state index < -0.39 is 0 Å². The molecule has 0 aromatic rings. The molecule has 0 saturated carbocycles. The van der Waals surface area contributed by atoms with Gasteiger partial charge in [0, 0.05) is 20.0 Å². The molecular weight excluding hydrogens is 254 g/mol. The van der Waals surface area contributed by atoms with Crippen molar-refractivity contribution in [1.29, 1.82) is 0 Å². The third-order valence-electron chi connectivity index (χ3n) is 2.59. The Balaban J connectivity index is 2.32. The predicted octanol–water partition coefficient (Wildman–Crippen LogP) is -1.58. The molecule has 2 N–H and O–H groups in total. The van der Waals surface area contributed by atoms with Gasteiger partial charge in [0.15, 0.2) is 0 Å². The van der Waals surface area contributed by atoms with Crippen LogP contribution in [0.5, 0.6) is 0 Å². The Morgan fingerprint density at radius 2 is 2.11 bits per heavy atom. The molecule has 19 heavy (non-hydrogen) atoms. The summed E-state index contributed by atoms with van der Waals surface area (Å²) in [7, 11) is 1.32. The van der Waals surface area contributed by atoms with E-state index in [1.54, 1.807) is 0 Å². The number of morpholine rings is 1. The molecule has 8 nitrogen and oxygen atoms in total. The first kappa shape index (κ1) is 15.4. The van der Waals surface area contributed by atoms with E-state index in [9.17, 15) is 14.4 Å². The zero-order chi connectivity index (χ0) is 14.3. The van der Waals surface area contributed by atoms with Crippen LogP contribution in [0.1, 0.15) is 13.3 Å². The van der Waals surface area contributed by atoms with Gasteiger partial charge in [-0.3, -0.25) is 30.1 Å². The first-order valence-electron chi connectivity index (χ1n) is 5.97. The molecule has 0 radical (unpaired) electrons. The standard InChI is InChI=1S/C11H19N3O5/c1-8(15)12-13-10(16)7-14-3-4-19-9(6-14)5-11(17)18-2/h9H,3-7H2,1-2H3,(H,12,15)(H,13,16). The topological polar surface area (TPSA) is 97.0 Å². The number of hydrogen-bond acceptors (Lipinski definition) is 6. The number of amides is 2. The van der Waals surface area contributed by atoms with Crippen LogP contribution in [-0.2, 0) is 23.9 Å².